The number of hydrogen-bond acceptors (Lipinski definition) is 1. The fourth-order valence-corrected chi connectivity index (χ4v) is 2.05. The van der Waals surface area contributed by atoms with Gasteiger partial charge in [0.25, 0.3) is 0 Å². The quantitative estimate of drug-likeness (QED) is 0.650. The zero-order valence-electron chi connectivity index (χ0n) is 7.81. The van der Waals surface area contributed by atoms with Gasteiger partial charge < -0.3 is 5.73 Å². The van der Waals surface area contributed by atoms with E-state index in [-0.39, 0.29) is 11.9 Å². The Morgan fingerprint density at radius 2 is 2.23 bits per heavy atom. The topological polar surface area (TPSA) is 26.0 Å². The van der Waals surface area contributed by atoms with Crippen LogP contribution in [0.5, 0.6) is 0 Å². The number of hydrogen-bond donors (Lipinski definition) is 1. The van der Waals surface area contributed by atoms with E-state index < -0.39 is 0 Å². The average molecular weight is 179 g/mol. The van der Waals surface area contributed by atoms with Crippen molar-refractivity contribution in [2.45, 2.75) is 32.2 Å². The maximum Gasteiger partial charge on any atom is 0.126 e. The van der Waals surface area contributed by atoms with Gasteiger partial charge in [-0.2, -0.15) is 0 Å². The van der Waals surface area contributed by atoms with E-state index in [2.05, 4.69) is 0 Å². The van der Waals surface area contributed by atoms with E-state index in [1.54, 1.807) is 6.07 Å². The molecule has 0 heterocycles. The third-order valence-electron chi connectivity index (χ3n) is 2.72. The number of halogens is 1. The molecule has 1 aliphatic rings. The Morgan fingerprint density at radius 1 is 1.46 bits per heavy atom. The van der Waals surface area contributed by atoms with Gasteiger partial charge in [-0.25, -0.2) is 4.39 Å². The molecule has 0 bridgehead atoms. The molecular formula is C11H14FN. The number of aryl methyl sites for hydroxylation is 1. The molecule has 70 valence electrons. The van der Waals surface area contributed by atoms with E-state index in [0.717, 1.165) is 36.0 Å². The monoisotopic (exact) mass is 179 g/mol. The fraction of sp³-hybridized carbons (Fsp3) is 0.455. The second kappa shape index (κ2) is 3.11. The third-order valence-corrected chi connectivity index (χ3v) is 2.72. The van der Waals surface area contributed by atoms with Crippen LogP contribution in [-0.2, 0) is 6.42 Å². The van der Waals surface area contributed by atoms with Gasteiger partial charge in [0.1, 0.15) is 5.82 Å². The summed E-state index contributed by atoms with van der Waals surface area (Å²) in [5.41, 5.74) is 8.74. The van der Waals surface area contributed by atoms with Crippen molar-refractivity contribution in [2.24, 2.45) is 5.73 Å². The SMILES string of the molecule is Cc1cc(F)c2c(c1)C(N)CCC2. The highest BCUT2D eigenvalue weighted by atomic mass is 19.1. The Balaban J connectivity index is 2.56. The zero-order valence-corrected chi connectivity index (χ0v) is 7.81. The summed E-state index contributed by atoms with van der Waals surface area (Å²) in [5.74, 6) is -0.0786. The highest BCUT2D eigenvalue weighted by Gasteiger charge is 2.19. The summed E-state index contributed by atoms with van der Waals surface area (Å²) in [5, 5.41) is 0. The maximum atomic E-state index is 13.4. The number of rotatable bonds is 0. The highest BCUT2D eigenvalue weighted by molar-refractivity contribution is 5.36. The van der Waals surface area contributed by atoms with Crippen molar-refractivity contribution >= 4 is 0 Å². The van der Waals surface area contributed by atoms with E-state index in [4.69, 9.17) is 5.73 Å². The molecule has 2 heteroatoms. The predicted octanol–water partition coefficient (Wildman–Crippen LogP) is 2.47. The molecule has 1 aromatic carbocycles. The predicted molar refractivity (Wildman–Crippen MR) is 51.0 cm³/mol. The molecule has 0 spiro atoms. The van der Waals surface area contributed by atoms with Crippen molar-refractivity contribution in [1.82, 2.24) is 0 Å². The third kappa shape index (κ3) is 1.46. The Bertz CT molecular complexity index is 333. The Kier molecular flexibility index (Phi) is 2.08. The lowest BCUT2D eigenvalue weighted by Crippen LogP contribution is -2.18. The van der Waals surface area contributed by atoms with Crippen molar-refractivity contribution in [3.8, 4) is 0 Å². The summed E-state index contributed by atoms with van der Waals surface area (Å²) < 4.78 is 13.4. The van der Waals surface area contributed by atoms with Crippen LogP contribution in [0.2, 0.25) is 0 Å². The van der Waals surface area contributed by atoms with Gasteiger partial charge in [0.05, 0.1) is 0 Å². The molecule has 13 heavy (non-hydrogen) atoms. The molecule has 1 atom stereocenters. The van der Waals surface area contributed by atoms with E-state index in [1.807, 2.05) is 13.0 Å². The lowest BCUT2D eigenvalue weighted by Gasteiger charge is -2.23. The van der Waals surface area contributed by atoms with Crippen LogP contribution in [-0.4, -0.2) is 0 Å². The van der Waals surface area contributed by atoms with Gasteiger partial charge in [-0.1, -0.05) is 6.07 Å². The average Bonchev–Trinajstić information content (AvgIpc) is 2.07. The molecular weight excluding hydrogens is 165 g/mol. The minimum atomic E-state index is -0.0786. The lowest BCUT2D eigenvalue weighted by atomic mass is 9.87. The molecule has 0 saturated heterocycles. The summed E-state index contributed by atoms with van der Waals surface area (Å²) >= 11 is 0. The van der Waals surface area contributed by atoms with Crippen molar-refractivity contribution in [1.29, 1.82) is 0 Å². The van der Waals surface area contributed by atoms with Crippen LogP contribution in [0.3, 0.4) is 0 Å². The molecule has 0 amide bonds. The van der Waals surface area contributed by atoms with Gasteiger partial charge >= 0.3 is 0 Å². The van der Waals surface area contributed by atoms with Crippen LogP contribution in [0.15, 0.2) is 12.1 Å². The van der Waals surface area contributed by atoms with Crippen molar-refractivity contribution < 1.29 is 4.39 Å². The molecule has 0 radical (unpaired) electrons. The summed E-state index contributed by atoms with van der Waals surface area (Å²) in [7, 11) is 0. The molecule has 2 rings (SSSR count). The van der Waals surface area contributed by atoms with E-state index in [0.29, 0.717) is 0 Å². The van der Waals surface area contributed by atoms with Crippen LogP contribution in [0.1, 0.15) is 35.6 Å². The van der Waals surface area contributed by atoms with Crippen LogP contribution in [0.25, 0.3) is 0 Å². The minimum absolute atomic E-state index is 0.0400. The van der Waals surface area contributed by atoms with E-state index in [9.17, 15) is 4.39 Å². The number of nitrogens with two attached hydrogens (primary N) is 1. The summed E-state index contributed by atoms with van der Waals surface area (Å²) in [4.78, 5) is 0. The Hall–Kier alpha value is -0.890. The maximum absolute atomic E-state index is 13.4. The summed E-state index contributed by atoms with van der Waals surface area (Å²) in [6, 6.07) is 3.65. The minimum Gasteiger partial charge on any atom is -0.324 e. The molecule has 0 aromatic heterocycles. The van der Waals surface area contributed by atoms with Crippen molar-refractivity contribution in [3.63, 3.8) is 0 Å². The molecule has 1 nitrogen and oxygen atoms in total. The lowest BCUT2D eigenvalue weighted by molar-refractivity contribution is 0.530. The second-order valence-electron chi connectivity index (χ2n) is 3.81. The largest absolute Gasteiger partial charge is 0.324 e. The second-order valence-corrected chi connectivity index (χ2v) is 3.81. The Labute approximate surface area is 77.8 Å². The van der Waals surface area contributed by atoms with Crippen LogP contribution < -0.4 is 5.73 Å². The Morgan fingerprint density at radius 3 is 3.00 bits per heavy atom. The van der Waals surface area contributed by atoms with Gasteiger partial charge in [0, 0.05) is 6.04 Å². The fourth-order valence-electron chi connectivity index (χ4n) is 2.05. The molecule has 0 aliphatic heterocycles. The summed E-state index contributed by atoms with van der Waals surface area (Å²) in [6.07, 6.45) is 2.83. The molecule has 1 aliphatic carbocycles. The smallest absolute Gasteiger partial charge is 0.126 e. The van der Waals surface area contributed by atoms with Gasteiger partial charge in [0.15, 0.2) is 0 Å². The first-order chi connectivity index (χ1) is 6.18. The van der Waals surface area contributed by atoms with Gasteiger partial charge in [-0.05, 0) is 48.9 Å². The molecule has 1 unspecified atom stereocenters. The van der Waals surface area contributed by atoms with E-state index in [1.165, 1.54) is 0 Å². The van der Waals surface area contributed by atoms with Gasteiger partial charge in [0.2, 0.25) is 0 Å². The molecule has 2 N–H and O–H groups in total. The highest BCUT2D eigenvalue weighted by Crippen LogP contribution is 2.30. The molecule has 0 saturated carbocycles. The normalized spacial score (nSPS) is 21.3. The van der Waals surface area contributed by atoms with Gasteiger partial charge in [-0.3, -0.25) is 0 Å². The number of fused-ring (bicyclic) bond motifs is 1. The van der Waals surface area contributed by atoms with Gasteiger partial charge in [-0.15, -0.1) is 0 Å². The van der Waals surface area contributed by atoms with Crippen molar-refractivity contribution in [3.05, 3.63) is 34.6 Å². The zero-order chi connectivity index (χ0) is 9.42. The van der Waals surface area contributed by atoms with E-state index >= 15 is 0 Å². The van der Waals surface area contributed by atoms with Crippen LogP contribution >= 0.6 is 0 Å². The van der Waals surface area contributed by atoms with Crippen LogP contribution in [0.4, 0.5) is 4.39 Å². The number of benzene rings is 1. The molecule has 0 fully saturated rings. The first-order valence-corrected chi connectivity index (χ1v) is 4.73. The standard InChI is InChI=1S/C11H14FN/c1-7-5-9-8(10(12)6-7)3-2-4-11(9)13/h5-6,11H,2-4,13H2,1H3. The summed E-state index contributed by atoms with van der Waals surface area (Å²) in [6.45, 7) is 1.91. The van der Waals surface area contributed by atoms with Crippen molar-refractivity contribution in [2.75, 3.05) is 0 Å². The van der Waals surface area contributed by atoms with Crippen LogP contribution in [0, 0.1) is 12.7 Å². The molecule has 1 aromatic rings. The first kappa shape index (κ1) is 8.70. The first-order valence-electron chi connectivity index (χ1n) is 4.73.